The number of rotatable bonds is 3. The number of H-pyrrole nitrogens is 1. The van der Waals surface area contributed by atoms with Gasteiger partial charge in [0.05, 0.1) is 12.5 Å². The van der Waals surface area contributed by atoms with Crippen LogP contribution in [-0.4, -0.2) is 43.2 Å². The summed E-state index contributed by atoms with van der Waals surface area (Å²) in [5.74, 6) is 0. The van der Waals surface area contributed by atoms with Crippen LogP contribution in [0, 0.1) is 0 Å². The molecule has 0 radical (unpaired) electrons. The largest absolute Gasteiger partial charge is 0.403 e. The SMILES string of the molecule is O=S(=O)(NC1CCC(C(F)(F)F)NC1)c1cnc[nH]1. The topological polar surface area (TPSA) is 86.9 Å². The molecule has 1 fully saturated rings. The van der Waals surface area contributed by atoms with E-state index in [0.29, 0.717) is 0 Å². The van der Waals surface area contributed by atoms with Gasteiger partial charge in [0.2, 0.25) is 0 Å². The molecule has 1 aromatic rings. The summed E-state index contributed by atoms with van der Waals surface area (Å²) < 4.78 is 63.2. The number of hydrogen-bond donors (Lipinski definition) is 3. The van der Waals surface area contributed by atoms with Crippen LogP contribution in [0.3, 0.4) is 0 Å². The molecule has 3 N–H and O–H groups in total. The van der Waals surface area contributed by atoms with Crippen LogP contribution in [0.1, 0.15) is 12.8 Å². The van der Waals surface area contributed by atoms with E-state index in [0.717, 1.165) is 6.20 Å². The van der Waals surface area contributed by atoms with Gasteiger partial charge in [-0.05, 0) is 12.8 Å². The minimum Gasteiger partial charge on any atom is -0.335 e. The van der Waals surface area contributed by atoms with Crippen LogP contribution >= 0.6 is 0 Å². The Bertz CT molecular complexity index is 506. The van der Waals surface area contributed by atoms with E-state index in [1.54, 1.807) is 0 Å². The Labute approximate surface area is 107 Å². The molecule has 10 heteroatoms. The maximum atomic E-state index is 12.4. The molecule has 1 aliphatic heterocycles. The van der Waals surface area contributed by atoms with Crippen molar-refractivity contribution in [3.8, 4) is 0 Å². The van der Waals surface area contributed by atoms with Gasteiger partial charge in [0, 0.05) is 12.6 Å². The molecule has 2 unspecified atom stereocenters. The normalized spacial score (nSPS) is 25.4. The van der Waals surface area contributed by atoms with Gasteiger partial charge >= 0.3 is 6.18 Å². The van der Waals surface area contributed by atoms with Crippen molar-refractivity contribution in [2.75, 3.05) is 6.54 Å². The molecule has 0 amide bonds. The second-order valence-corrected chi connectivity index (χ2v) is 6.00. The first-order chi connectivity index (χ1) is 8.79. The number of sulfonamides is 1. The molecule has 2 atom stereocenters. The Hall–Kier alpha value is -1.13. The van der Waals surface area contributed by atoms with Crippen LogP contribution in [0.25, 0.3) is 0 Å². The number of aromatic nitrogens is 2. The summed E-state index contributed by atoms with van der Waals surface area (Å²) in [5, 5.41) is 2.19. The fourth-order valence-electron chi connectivity index (χ4n) is 1.91. The third-order valence-corrected chi connectivity index (χ3v) is 4.34. The maximum absolute atomic E-state index is 12.4. The van der Waals surface area contributed by atoms with Crippen molar-refractivity contribution in [3.05, 3.63) is 12.5 Å². The number of nitrogens with zero attached hydrogens (tertiary/aromatic N) is 1. The van der Waals surface area contributed by atoms with Gasteiger partial charge in [0.1, 0.15) is 6.04 Å². The number of alkyl halides is 3. The molecule has 19 heavy (non-hydrogen) atoms. The lowest BCUT2D eigenvalue weighted by Gasteiger charge is -2.31. The van der Waals surface area contributed by atoms with E-state index in [-0.39, 0.29) is 24.4 Å². The average molecular weight is 298 g/mol. The maximum Gasteiger partial charge on any atom is 0.403 e. The van der Waals surface area contributed by atoms with Gasteiger partial charge in [-0.1, -0.05) is 0 Å². The Morgan fingerprint density at radius 1 is 1.37 bits per heavy atom. The van der Waals surface area contributed by atoms with E-state index in [4.69, 9.17) is 0 Å². The predicted octanol–water partition coefficient (Wildman–Crippen LogP) is 0.371. The van der Waals surface area contributed by atoms with E-state index in [9.17, 15) is 21.6 Å². The zero-order chi connectivity index (χ0) is 14.1. The summed E-state index contributed by atoms with van der Waals surface area (Å²) in [6, 6.07) is -2.13. The van der Waals surface area contributed by atoms with Gasteiger partial charge in [-0.2, -0.15) is 13.2 Å². The van der Waals surface area contributed by atoms with Crippen LogP contribution in [0.2, 0.25) is 0 Å². The molecule has 0 aromatic carbocycles. The lowest BCUT2D eigenvalue weighted by atomic mass is 10.0. The van der Waals surface area contributed by atoms with E-state index in [2.05, 4.69) is 20.0 Å². The van der Waals surface area contributed by atoms with Crippen molar-refractivity contribution >= 4 is 10.0 Å². The third kappa shape index (κ3) is 3.45. The number of hydrogen-bond acceptors (Lipinski definition) is 4. The highest BCUT2D eigenvalue weighted by atomic mass is 32.2. The summed E-state index contributed by atoms with van der Waals surface area (Å²) in [7, 11) is -3.76. The van der Waals surface area contributed by atoms with E-state index in [1.807, 2.05) is 0 Å². The number of nitrogens with one attached hydrogen (secondary N) is 3. The molecule has 6 nitrogen and oxygen atoms in total. The second kappa shape index (κ2) is 5.10. The molecule has 1 aromatic heterocycles. The van der Waals surface area contributed by atoms with Crippen molar-refractivity contribution in [3.63, 3.8) is 0 Å². The van der Waals surface area contributed by atoms with Gasteiger partial charge < -0.3 is 10.3 Å². The van der Waals surface area contributed by atoms with Gasteiger partial charge in [-0.15, -0.1) is 0 Å². The van der Waals surface area contributed by atoms with Crippen molar-refractivity contribution in [2.24, 2.45) is 0 Å². The third-order valence-electron chi connectivity index (χ3n) is 2.89. The zero-order valence-corrected chi connectivity index (χ0v) is 10.6. The quantitative estimate of drug-likeness (QED) is 0.752. The lowest BCUT2D eigenvalue weighted by Crippen LogP contribution is -2.54. The van der Waals surface area contributed by atoms with Gasteiger partial charge in [0.25, 0.3) is 10.0 Å². The summed E-state index contributed by atoms with van der Waals surface area (Å²) in [5.41, 5.74) is 0. The second-order valence-electron chi connectivity index (χ2n) is 4.31. The summed E-state index contributed by atoms with van der Waals surface area (Å²) >= 11 is 0. The van der Waals surface area contributed by atoms with Crippen LogP contribution < -0.4 is 10.0 Å². The fourth-order valence-corrected chi connectivity index (χ4v) is 3.08. The predicted molar refractivity (Wildman–Crippen MR) is 59.8 cm³/mol. The molecule has 0 saturated carbocycles. The fraction of sp³-hybridized carbons (Fsp3) is 0.667. The Kier molecular flexibility index (Phi) is 3.83. The van der Waals surface area contributed by atoms with Crippen LogP contribution in [0.5, 0.6) is 0 Å². The summed E-state index contributed by atoms with van der Waals surface area (Å²) in [6.07, 6.45) is -1.97. The summed E-state index contributed by atoms with van der Waals surface area (Å²) in [4.78, 5) is 6.02. The Balaban J connectivity index is 1.93. The van der Waals surface area contributed by atoms with Crippen molar-refractivity contribution < 1.29 is 21.6 Å². The lowest BCUT2D eigenvalue weighted by molar-refractivity contribution is -0.160. The van der Waals surface area contributed by atoms with E-state index < -0.39 is 28.3 Å². The van der Waals surface area contributed by atoms with Gasteiger partial charge in [-0.3, -0.25) is 0 Å². The molecular weight excluding hydrogens is 285 g/mol. The molecule has 0 spiro atoms. The van der Waals surface area contributed by atoms with E-state index in [1.165, 1.54) is 6.33 Å². The highest BCUT2D eigenvalue weighted by Gasteiger charge is 2.41. The zero-order valence-electron chi connectivity index (χ0n) is 9.74. The smallest absolute Gasteiger partial charge is 0.335 e. The van der Waals surface area contributed by atoms with Crippen molar-refractivity contribution in [2.45, 2.75) is 36.1 Å². The average Bonchev–Trinajstić information content (AvgIpc) is 2.82. The highest BCUT2D eigenvalue weighted by Crippen LogP contribution is 2.26. The van der Waals surface area contributed by atoms with Crippen LogP contribution in [-0.2, 0) is 10.0 Å². The highest BCUT2D eigenvalue weighted by molar-refractivity contribution is 7.89. The van der Waals surface area contributed by atoms with Crippen molar-refractivity contribution in [1.82, 2.24) is 20.0 Å². The molecular formula is C9H13F3N4O2S. The van der Waals surface area contributed by atoms with Crippen LogP contribution in [0.15, 0.2) is 17.6 Å². The molecule has 2 rings (SSSR count). The summed E-state index contributed by atoms with van der Waals surface area (Å²) in [6.45, 7) is -0.0580. The molecule has 1 aliphatic rings. The van der Waals surface area contributed by atoms with Gasteiger partial charge in [0.15, 0.2) is 5.03 Å². The Morgan fingerprint density at radius 2 is 2.11 bits per heavy atom. The number of piperidine rings is 1. The molecule has 1 saturated heterocycles. The first-order valence-corrected chi connectivity index (χ1v) is 7.08. The minimum absolute atomic E-state index is 0.0580. The standard InChI is InChI=1S/C9H13F3N4O2S/c10-9(11,12)7-2-1-6(3-14-7)16-19(17,18)8-4-13-5-15-8/h4-7,14,16H,1-3H2,(H,13,15). The van der Waals surface area contributed by atoms with E-state index >= 15 is 0 Å². The first kappa shape index (κ1) is 14.3. The number of aromatic amines is 1. The van der Waals surface area contributed by atoms with Gasteiger partial charge in [-0.25, -0.2) is 18.1 Å². The molecule has 108 valence electrons. The van der Waals surface area contributed by atoms with Crippen LogP contribution in [0.4, 0.5) is 13.2 Å². The van der Waals surface area contributed by atoms with Crippen molar-refractivity contribution in [1.29, 1.82) is 0 Å². The number of halogens is 3. The molecule has 2 heterocycles. The molecule has 0 aliphatic carbocycles. The first-order valence-electron chi connectivity index (χ1n) is 5.60. The monoisotopic (exact) mass is 298 g/mol. The minimum atomic E-state index is -4.30. The molecule has 0 bridgehead atoms. The Morgan fingerprint density at radius 3 is 2.58 bits per heavy atom. The number of imidazole rings is 1.